The second-order valence-corrected chi connectivity index (χ2v) is 9.61. The molecule has 11 heteroatoms. The van der Waals surface area contributed by atoms with E-state index in [2.05, 4.69) is 10.6 Å². The molecule has 1 saturated heterocycles. The van der Waals surface area contributed by atoms with Crippen LogP contribution in [-0.4, -0.2) is 60.2 Å². The summed E-state index contributed by atoms with van der Waals surface area (Å²) in [7, 11) is 0. The van der Waals surface area contributed by atoms with Gasteiger partial charge in [-0.2, -0.15) is 0 Å². The quantitative estimate of drug-likeness (QED) is 0.188. The van der Waals surface area contributed by atoms with Gasteiger partial charge in [-0.3, -0.25) is 19.2 Å². The van der Waals surface area contributed by atoms with Gasteiger partial charge in [0.1, 0.15) is 18.6 Å². The van der Waals surface area contributed by atoms with Crippen molar-refractivity contribution in [3.63, 3.8) is 0 Å². The molecule has 2 aromatic carbocycles. The zero-order chi connectivity index (χ0) is 28.5. The van der Waals surface area contributed by atoms with E-state index in [1.165, 1.54) is 25.1 Å². The second-order valence-electron chi connectivity index (χ2n) is 9.61. The zero-order valence-electron chi connectivity index (χ0n) is 21.9. The lowest BCUT2D eigenvalue weighted by Gasteiger charge is -2.29. The lowest BCUT2D eigenvalue weighted by Crippen LogP contribution is -2.46. The van der Waals surface area contributed by atoms with E-state index >= 15 is 0 Å². The Hall–Kier alpha value is -4.41. The molecule has 39 heavy (non-hydrogen) atoms. The van der Waals surface area contributed by atoms with Crippen LogP contribution >= 0.6 is 0 Å². The van der Waals surface area contributed by atoms with Gasteiger partial charge in [0.05, 0.1) is 11.3 Å². The summed E-state index contributed by atoms with van der Waals surface area (Å²) in [6.07, 6.45) is -1.60. The molecule has 2 amide bonds. The van der Waals surface area contributed by atoms with Gasteiger partial charge < -0.3 is 30.0 Å². The number of carbonyl (C=O) groups excluding carboxylic acids is 5. The molecular weight excluding hydrogens is 508 g/mol. The number of anilines is 1. The Balaban J connectivity index is 1.86. The normalized spacial score (nSPS) is 21.4. The van der Waals surface area contributed by atoms with Crippen molar-refractivity contribution in [1.82, 2.24) is 5.32 Å². The van der Waals surface area contributed by atoms with E-state index in [4.69, 9.17) is 14.2 Å². The van der Waals surface area contributed by atoms with Crippen LogP contribution in [0.25, 0.3) is 0 Å². The summed E-state index contributed by atoms with van der Waals surface area (Å²) in [6.45, 7) is 4.64. The van der Waals surface area contributed by atoms with Crippen molar-refractivity contribution in [2.45, 2.75) is 51.9 Å². The first-order valence-electron chi connectivity index (χ1n) is 12.5. The number of carbonyl (C=O) groups is 5. The summed E-state index contributed by atoms with van der Waals surface area (Å²) in [4.78, 5) is 62.6. The van der Waals surface area contributed by atoms with Crippen LogP contribution < -0.4 is 10.6 Å². The molecule has 3 N–H and O–H groups in total. The van der Waals surface area contributed by atoms with Gasteiger partial charge in [0.15, 0.2) is 17.9 Å². The number of ether oxygens (including phenoxy) is 3. The fraction of sp³-hybridized carbons (Fsp3) is 0.393. The minimum Gasteiger partial charge on any atom is -0.505 e. The van der Waals surface area contributed by atoms with Gasteiger partial charge in [0, 0.05) is 6.42 Å². The minimum atomic E-state index is -1.42. The predicted molar refractivity (Wildman–Crippen MR) is 139 cm³/mol. The van der Waals surface area contributed by atoms with Crippen LogP contribution in [0.4, 0.5) is 5.69 Å². The number of hydrogen-bond donors (Lipinski definition) is 3. The van der Waals surface area contributed by atoms with E-state index in [-0.39, 0.29) is 30.0 Å². The zero-order valence-corrected chi connectivity index (χ0v) is 21.9. The maximum atomic E-state index is 13.3. The summed E-state index contributed by atoms with van der Waals surface area (Å²) in [5, 5.41) is 15.0. The summed E-state index contributed by atoms with van der Waals surface area (Å²) in [5.41, 5.74) is 0.548. The third-order valence-electron chi connectivity index (χ3n) is 6.08. The number of benzene rings is 2. The number of amides is 2. The van der Waals surface area contributed by atoms with Crippen LogP contribution in [0.5, 0.6) is 5.75 Å². The number of cyclic esters (lactones) is 2. The Bertz CT molecular complexity index is 1200. The van der Waals surface area contributed by atoms with Crippen molar-refractivity contribution in [3.05, 3.63) is 59.7 Å². The lowest BCUT2D eigenvalue weighted by atomic mass is 9.91. The molecule has 208 valence electrons. The Morgan fingerprint density at radius 3 is 2.49 bits per heavy atom. The molecular formula is C28H32N2O9. The highest BCUT2D eigenvalue weighted by molar-refractivity contribution is 6.01. The van der Waals surface area contributed by atoms with Crippen molar-refractivity contribution >= 4 is 35.9 Å². The van der Waals surface area contributed by atoms with Crippen molar-refractivity contribution in [2.24, 2.45) is 11.8 Å². The second kappa shape index (κ2) is 13.4. The molecule has 1 heterocycles. The SMILES string of the molecule is CC(C)CC(=O)O[C@H]1[C@H](C)OC(=O)[C@@H](NC(=O)c2cccc(NC=O)c2O)COC(=O)[C@@H]1Cc1ccccc1. The topological polar surface area (TPSA) is 157 Å². The van der Waals surface area contributed by atoms with Gasteiger partial charge in [-0.25, -0.2) is 4.79 Å². The largest absolute Gasteiger partial charge is 0.505 e. The Morgan fingerprint density at radius 2 is 1.82 bits per heavy atom. The van der Waals surface area contributed by atoms with Gasteiger partial charge >= 0.3 is 17.9 Å². The summed E-state index contributed by atoms with van der Waals surface area (Å²) < 4.78 is 16.7. The molecule has 0 spiro atoms. The third-order valence-corrected chi connectivity index (χ3v) is 6.08. The molecule has 11 nitrogen and oxygen atoms in total. The molecule has 0 saturated carbocycles. The molecule has 0 unspecified atom stereocenters. The third kappa shape index (κ3) is 7.79. The number of rotatable bonds is 9. The molecule has 0 bridgehead atoms. The number of esters is 3. The van der Waals surface area contributed by atoms with Crippen molar-refractivity contribution in [1.29, 1.82) is 0 Å². The number of para-hydroxylation sites is 1. The first kappa shape index (κ1) is 29.2. The maximum absolute atomic E-state index is 13.3. The highest BCUT2D eigenvalue weighted by Gasteiger charge is 2.42. The molecule has 0 radical (unpaired) electrons. The predicted octanol–water partition coefficient (Wildman–Crippen LogP) is 2.36. The monoisotopic (exact) mass is 540 g/mol. The molecule has 2 aromatic rings. The average molecular weight is 541 g/mol. The van der Waals surface area contributed by atoms with E-state index in [0.717, 1.165) is 5.56 Å². The number of hydrogen-bond acceptors (Lipinski definition) is 9. The number of phenolic OH excluding ortho intramolecular Hbond substituents is 1. The fourth-order valence-corrected chi connectivity index (χ4v) is 4.16. The number of aromatic hydroxyl groups is 1. The van der Waals surface area contributed by atoms with E-state index in [1.54, 1.807) is 12.1 Å². The fourth-order valence-electron chi connectivity index (χ4n) is 4.16. The van der Waals surface area contributed by atoms with E-state index < -0.39 is 60.3 Å². The molecule has 4 atom stereocenters. The van der Waals surface area contributed by atoms with Crippen molar-refractivity contribution in [2.75, 3.05) is 11.9 Å². The van der Waals surface area contributed by atoms with Gasteiger partial charge in [0.25, 0.3) is 5.91 Å². The van der Waals surface area contributed by atoms with Crippen LogP contribution in [0.1, 0.15) is 43.1 Å². The smallest absolute Gasteiger partial charge is 0.332 e. The highest BCUT2D eigenvalue weighted by Crippen LogP contribution is 2.28. The number of phenols is 1. The van der Waals surface area contributed by atoms with E-state index in [1.807, 2.05) is 32.0 Å². The molecule has 3 rings (SSSR count). The van der Waals surface area contributed by atoms with Crippen LogP contribution in [-0.2, 0) is 39.8 Å². The lowest BCUT2D eigenvalue weighted by molar-refractivity contribution is -0.174. The van der Waals surface area contributed by atoms with Gasteiger partial charge in [-0.1, -0.05) is 50.2 Å². The van der Waals surface area contributed by atoms with Crippen LogP contribution in [0, 0.1) is 11.8 Å². The molecule has 0 aromatic heterocycles. The van der Waals surface area contributed by atoms with Crippen molar-refractivity contribution < 1.29 is 43.3 Å². The van der Waals surface area contributed by atoms with Crippen LogP contribution in [0.3, 0.4) is 0 Å². The number of nitrogens with one attached hydrogen (secondary N) is 2. The van der Waals surface area contributed by atoms with Crippen LogP contribution in [0.2, 0.25) is 0 Å². The van der Waals surface area contributed by atoms with Crippen LogP contribution in [0.15, 0.2) is 48.5 Å². The molecule has 1 aliphatic rings. The standard InChI is InChI=1S/C28H32N2O9/c1-16(2)12-23(32)39-25-17(3)38-28(36)22(14-37-27(35)20(25)13-18-8-5-4-6-9-18)30-26(34)19-10-7-11-21(24(19)33)29-15-31/h4-11,15-17,20,22,25,33H,12-14H2,1-3H3,(H,29,31)(H,30,34)/t17-,20+,22-,25-/m0/s1. The first-order valence-corrected chi connectivity index (χ1v) is 12.5. The Kier molecular flexibility index (Phi) is 10.0. The molecule has 1 fully saturated rings. The van der Waals surface area contributed by atoms with E-state index in [9.17, 15) is 29.1 Å². The maximum Gasteiger partial charge on any atom is 0.332 e. The first-order chi connectivity index (χ1) is 18.6. The Morgan fingerprint density at radius 1 is 1.10 bits per heavy atom. The molecule has 0 aliphatic carbocycles. The van der Waals surface area contributed by atoms with E-state index in [0.29, 0.717) is 6.41 Å². The summed E-state index contributed by atoms with van der Waals surface area (Å²) >= 11 is 0. The summed E-state index contributed by atoms with van der Waals surface area (Å²) in [5.74, 6) is -4.57. The van der Waals surface area contributed by atoms with Gasteiger partial charge in [-0.05, 0) is 37.0 Å². The van der Waals surface area contributed by atoms with Gasteiger partial charge in [-0.15, -0.1) is 0 Å². The van der Waals surface area contributed by atoms with Gasteiger partial charge in [0.2, 0.25) is 6.41 Å². The summed E-state index contributed by atoms with van der Waals surface area (Å²) in [6, 6.07) is 11.7. The van der Waals surface area contributed by atoms with Crippen molar-refractivity contribution in [3.8, 4) is 5.75 Å². The molecule has 1 aliphatic heterocycles. The highest BCUT2D eigenvalue weighted by atomic mass is 16.6. The average Bonchev–Trinajstić information content (AvgIpc) is 2.92. The Labute approximate surface area is 225 Å². The minimum absolute atomic E-state index is 0.00228.